The van der Waals surface area contributed by atoms with E-state index in [0.29, 0.717) is 0 Å². The van der Waals surface area contributed by atoms with Crippen LogP contribution in [0.3, 0.4) is 0 Å². The minimum Gasteiger partial charge on any atom is -0.466 e. The molecule has 0 radical (unpaired) electrons. The van der Waals surface area contributed by atoms with Crippen molar-refractivity contribution in [2.45, 2.75) is 18.9 Å². The average Bonchev–Trinajstić information content (AvgIpc) is 2.41. The van der Waals surface area contributed by atoms with Crippen molar-refractivity contribution in [3.63, 3.8) is 0 Å². The van der Waals surface area contributed by atoms with Gasteiger partial charge in [0.15, 0.2) is 11.6 Å². The molecule has 0 spiro atoms. The molecule has 0 aliphatic rings. The highest BCUT2D eigenvalue weighted by atomic mass is 79.9. The Morgan fingerprint density at radius 1 is 1.50 bits per heavy atom. The Morgan fingerprint density at radius 2 is 2.15 bits per heavy atom. The lowest BCUT2D eigenvalue weighted by molar-refractivity contribution is -0.145. The summed E-state index contributed by atoms with van der Waals surface area (Å²) in [5.41, 5.74) is -2.14. The number of alkyl halides is 1. The summed E-state index contributed by atoms with van der Waals surface area (Å²) in [6.45, 7) is 0.522. The van der Waals surface area contributed by atoms with Crippen LogP contribution in [0.15, 0.2) is 16.6 Å². The van der Waals surface area contributed by atoms with Crippen molar-refractivity contribution in [2.75, 3.05) is 13.3 Å². The molecule has 1 unspecified atom stereocenters. The van der Waals surface area contributed by atoms with Gasteiger partial charge in [-0.3, -0.25) is 9.52 Å². The van der Waals surface area contributed by atoms with E-state index in [-0.39, 0.29) is 16.6 Å². The van der Waals surface area contributed by atoms with Crippen molar-refractivity contribution in [2.24, 2.45) is 0 Å². The Balaban J connectivity index is 3.29. The van der Waals surface area contributed by atoms with Gasteiger partial charge in [-0.1, -0.05) is 28.7 Å². The van der Waals surface area contributed by atoms with Gasteiger partial charge in [0.2, 0.25) is 0 Å². The molecule has 0 saturated carbocycles. The van der Waals surface area contributed by atoms with E-state index in [1.807, 2.05) is 0 Å². The van der Waals surface area contributed by atoms with Crippen LogP contribution in [0.5, 0.6) is 0 Å². The van der Waals surface area contributed by atoms with Gasteiger partial charge in [0, 0.05) is 10.0 Å². The number of hydrogen-bond acceptors (Lipinski definition) is 4. The van der Waals surface area contributed by atoms with Crippen LogP contribution in [-0.4, -0.2) is 19.3 Å². The number of carbonyl (C=O) groups is 1. The lowest BCUT2D eigenvalue weighted by Crippen LogP contribution is -2.43. The number of hydrogen-bond donors (Lipinski definition) is 2. The molecule has 1 atom stereocenters. The Bertz CT molecular complexity index is 498. The van der Waals surface area contributed by atoms with Crippen LogP contribution >= 0.6 is 28.7 Å². The number of halogens is 4. The number of esters is 1. The van der Waals surface area contributed by atoms with Gasteiger partial charge in [-0.05, 0) is 19.1 Å². The molecule has 0 amide bonds. The predicted molar refractivity (Wildman–Crippen MR) is 75.1 cm³/mol. The molecule has 0 aliphatic heterocycles. The van der Waals surface area contributed by atoms with Crippen molar-refractivity contribution in [3.8, 4) is 0 Å². The molecule has 0 saturated heterocycles. The zero-order valence-corrected chi connectivity index (χ0v) is 13.0. The molecular weight excluding hydrogens is 359 g/mol. The summed E-state index contributed by atoms with van der Waals surface area (Å²) in [5, 5.41) is 0. The Kier molecular flexibility index (Phi) is 6.35. The van der Waals surface area contributed by atoms with Crippen molar-refractivity contribution in [1.29, 1.82) is 0 Å². The molecule has 8 heteroatoms. The number of carbonyl (C=O) groups excluding carboxylic acids is 1. The van der Waals surface area contributed by atoms with Gasteiger partial charge in [0.1, 0.15) is 6.67 Å². The van der Waals surface area contributed by atoms with E-state index in [0.717, 1.165) is 6.07 Å². The standard InChI is InChI=1S/C12H13BrF3NO2S/c1-2-19-10(18)5-12(6-14,17-20)8-3-7(13)4-9(15)11(8)16/h3-4,17,20H,2,5-6H2,1H3. The summed E-state index contributed by atoms with van der Waals surface area (Å²) in [7, 11) is 0. The maximum Gasteiger partial charge on any atom is 0.308 e. The maximum atomic E-state index is 13.9. The number of ether oxygens (including phenoxy) is 1. The Labute approximate surface area is 128 Å². The summed E-state index contributed by atoms with van der Waals surface area (Å²) in [4.78, 5) is 11.5. The summed E-state index contributed by atoms with van der Waals surface area (Å²) >= 11 is 6.75. The molecule has 0 heterocycles. The summed E-state index contributed by atoms with van der Waals surface area (Å²) in [5.74, 6) is -3.14. The maximum absolute atomic E-state index is 13.9. The van der Waals surface area contributed by atoms with Crippen LogP contribution in [0.4, 0.5) is 13.2 Å². The SMILES string of the molecule is CCOC(=O)CC(CF)(NS)c1cc(Br)cc(F)c1F. The molecule has 3 nitrogen and oxygen atoms in total. The van der Waals surface area contributed by atoms with E-state index in [1.165, 1.54) is 6.07 Å². The van der Waals surface area contributed by atoms with Crippen LogP contribution in [0.1, 0.15) is 18.9 Å². The van der Waals surface area contributed by atoms with Crippen molar-refractivity contribution in [3.05, 3.63) is 33.8 Å². The van der Waals surface area contributed by atoms with Crippen LogP contribution in [-0.2, 0) is 15.1 Å². The molecule has 0 aromatic heterocycles. The number of nitrogens with one attached hydrogen (secondary N) is 1. The highest BCUT2D eigenvalue weighted by molar-refractivity contribution is 9.10. The first-order valence-corrected chi connectivity index (χ1v) is 6.92. The molecule has 112 valence electrons. The molecule has 1 aromatic rings. The fourth-order valence-electron chi connectivity index (χ4n) is 1.71. The van der Waals surface area contributed by atoms with Gasteiger partial charge in [-0.2, -0.15) is 0 Å². The fourth-order valence-corrected chi connectivity index (χ4v) is 2.40. The minimum absolute atomic E-state index is 0.100. The third-order valence-electron chi connectivity index (χ3n) is 2.70. The molecule has 20 heavy (non-hydrogen) atoms. The minimum atomic E-state index is -1.80. The Morgan fingerprint density at radius 3 is 2.65 bits per heavy atom. The lowest BCUT2D eigenvalue weighted by Gasteiger charge is -2.30. The topological polar surface area (TPSA) is 38.3 Å². The van der Waals surface area contributed by atoms with E-state index < -0.39 is 36.2 Å². The smallest absolute Gasteiger partial charge is 0.308 e. The molecule has 0 aliphatic carbocycles. The van der Waals surface area contributed by atoms with Crippen LogP contribution < -0.4 is 4.72 Å². The van der Waals surface area contributed by atoms with E-state index in [2.05, 4.69) is 33.5 Å². The highest BCUT2D eigenvalue weighted by Gasteiger charge is 2.38. The molecule has 1 aromatic carbocycles. The van der Waals surface area contributed by atoms with E-state index >= 15 is 0 Å². The molecule has 1 rings (SSSR count). The van der Waals surface area contributed by atoms with Crippen LogP contribution in [0.2, 0.25) is 0 Å². The second-order valence-corrected chi connectivity index (χ2v) is 5.20. The summed E-state index contributed by atoms with van der Waals surface area (Å²) in [6, 6.07) is 2.10. The molecular formula is C12H13BrF3NO2S. The van der Waals surface area contributed by atoms with Gasteiger partial charge in [0.25, 0.3) is 0 Å². The zero-order chi connectivity index (χ0) is 15.3. The van der Waals surface area contributed by atoms with E-state index in [9.17, 15) is 18.0 Å². The summed E-state index contributed by atoms with van der Waals surface area (Å²) in [6.07, 6.45) is -0.520. The molecule has 0 bridgehead atoms. The fraction of sp³-hybridized carbons (Fsp3) is 0.417. The third kappa shape index (κ3) is 3.67. The van der Waals surface area contributed by atoms with E-state index in [4.69, 9.17) is 4.74 Å². The normalized spacial score (nSPS) is 13.9. The number of benzene rings is 1. The lowest BCUT2D eigenvalue weighted by atomic mass is 9.88. The first kappa shape index (κ1) is 17.3. The zero-order valence-electron chi connectivity index (χ0n) is 10.6. The first-order chi connectivity index (χ1) is 9.40. The van der Waals surface area contributed by atoms with Gasteiger partial charge in [0.05, 0.1) is 18.6 Å². The first-order valence-electron chi connectivity index (χ1n) is 5.68. The third-order valence-corrected chi connectivity index (χ3v) is 3.59. The summed E-state index contributed by atoms with van der Waals surface area (Å²) < 4.78 is 47.9. The quantitative estimate of drug-likeness (QED) is 0.457. The van der Waals surface area contributed by atoms with Gasteiger partial charge >= 0.3 is 5.97 Å². The van der Waals surface area contributed by atoms with Gasteiger partial charge in [-0.15, -0.1) is 0 Å². The predicted octanol–water partition coefficient (Wildman–Crippen LogP) is 3.28. The highest BCUT2D eigenvalue weighted by Crippen LogP contribution is 2.32. The number of thiol groups is 1. The van der Waals surface area contributed by atoms with Crippen molar-refractivity contribution < 1.29 is 22.7 Å². The second-order valence-electron chi connectivity index (χ2n) is 4.06. The van der Waals surface area contributed by atoms with Crippen molar-refractivity contribution in [1.82, 2.24) is 4.72 Å². The Hall–Kier alpha value is -0.730. The molecule has 1 N–H and O–H groups in total. The van der Waals surface area contributed by atoms with Crippen LogP contribution in [0.25, 0.3) is 0 Å². The number of rotatable bonds is 6. The van der Waals surface area contributed by atoms with Crippen molar-refractivity contribution >= 4 is 34.7 Å². The average molecular weight is 372 g/mol. The van der Waals surface area contributed by atoms with Gasteiger partial charge in [-0.25, -0.2) is 13.2 Å². The largest absolute Gasteiger partial charge is 0.466 e. The second kappa shape index (κ2) is 7.33. The van der Waals surface area contributed by atoms with Gasteiger partial charge < -0.3 is 4.74 Å². The monoisotopic (exact) mass is 371 g/mol. The van der Waals surface area contributed by atoms with E-state index in [1.54, 1.807) is 6.92 Å². The molecule has 0 fully saturated rings. The van der Waals surface area contributed by atoms with Crippen LogP contribution in [0, 0.1) is 11.6 Å².